The second-order valence-corrected chi connectivity index (χ2v) is 3.78. The van der Waals surface area contributed by atoms with Crippen LogP contribution >= 0.6 is 0 Å². The van der Waals surface area contributed by atoms with Crippen LogP contribution in [0.1, 0.15) is 17.2 Å². The topological polar surface area (TPSA) is 26.0 Å². The molecule has 0 heterocycles. The molecule has 0 radical (unpaired) electrons. The Kier molecular flexibility index (Phi) is 3.34. The van der Waals surface area contributed by atoms with Crippen molar-refractivity contribution >= 4 is 0 Å². The normalized spacial score (nSPS) is 12.5. The summed E-state index contributed by atoms with van der Waals surface area (Å²) in [5.41, 5.74) is 4.82. The van der Waals surface area contributed by atoms with Gasteiger partial charge in [0.2, 0.25) is 0 Å². The maximum Gasteiger partial charge on any atom is 0.131 e. The molecular formula is C13H9F4N. The standard InChI is InChI=1S/C13H9F4N/c14-7-4-5-9(15)8(6-7)13(18)12-10(16)2-1-3-11(12)17/h1-6,13H,18H2. The second kappa shape index (κ2) is 4.78. The van der Waals surface area contributed by atoms with Crippen LogP contribution in [0.25, 0.3) is 0 Å². The van der Waals surface area contributed by atoms with Gasteiger partial charge in [-0.15, -0.1) is 0 Å². The number of hydrogen-bond acceptors (Lipinski definition) is 1. The van der Waals surface area contributed by atoms with Crippen molar-refractivity contribution in [3.05, 3.63) is 70.8 Å². The fourth-order valence-electron chi connectivity index (χ4n) is 1.72. The summed E-state index contributed by atoms with van der Waals surface area (Å²) < 4.78 is 53.5. The molecule has 0 fully saturated rings. The van der Waals surface area contributed by atoms with Gasteiger partial charge in [-0.05, 0) is 30.3 Å². The predicted octanol–water partition coefficient (Wildman–Crippen LogP) is 3.29. The SMILES string of the molecule is NC(c1cc(F)ccc1F)c1c(F)cccc1F. The Morgan fingerprint density at radius 3 is 2.06 bits per heavy atom. The highest BCUT2D eigenvalue weighted by Gasteiger charge is 2.21. The van der Waals surface area contributed by atoms with Gasteiger partial charge >= 0.3 is 0 Å². The lowest BCUT2D eigenvalue weighted by molar-refractivity contribution is 0.528. The Labute approximate surface area is 101 Å². The van der Waals surface area contributed by atoms with Crippen LogP contribution < -0.4 is 5.73 Å². The Hall–Kier alpha value is -1.88. The highest BCUT2D eigenvalue weighted by molar-refractivity contribution is 5.34. The largest absolute Gasteiger partial charge is 0.320 e. The Morgan fingerprint density at radius 2 is 1.44 bits per heavy atom. The average molecular weight is 255 g/mol. The van der Waals surface area contributed by atoms with Gasteiger partial charge in [-0.2, -0.15) is 0 Å². The zero-order valence-corrected chi connectivity index (χ0v) is 9.13. The van der Waals surface area contributed by atoms with Gasteiger partial charge < -0.3 is 5.73 Å². The van der Waals surface area contributed by atoms with E-state index < -0.39 is 34.9 Å². The van der Waals surface area contributed by atoms with E-state index in [0.29, 0.717) is 0 Å². The Bertz CT molecular complexity index is 563. The lowest BCUT2D eigenvalue weighted by Crippen LogP contribution is -2.17. The summed E-state index contributed by atoms with van der Waals surface area (Å²) in [5, 5.41) is 0. The maximum atomic E-state index is 13.5. The summed E-state index contributed by atoms with van der Waals surface area (Å²) >= 11 is 0. The lowest BCUT2D eigenvalue weighted by atomic mass is 9.98. The number of benzene rings is 2. The van der Waals surface area contributed by atoms with Crippen molar-refractivity contribution in [3.8, 4) is 0 Å². The molecular weight excluding hydrogens is 246 g/mol. The van der Waals surface area contributed by atoms with Gasteiger partial charge in [-0.1, -0.05) is 6.07 Å². The van der Waals surface area contributed by atoms with Crippen LogP contribution in [0.4, 0.5) is 17.6 Å². The molecule has 2 rings (SSSR count). The zero-order chi connectivity index (χ0) is 13.3. The first kappa shape index (κ1) is 12.6. The average Bonchev–Trinajstić information content (AvgIpc) is 2.32. The summed E-state index contributed by atoms with van der Waals surface area (Å²) in [5.74, 6) is -3.33. The third-order valence-electron chi connectivity index (χ3n) is 2.60. The number of hydrogen-bond donors (Lipinski definition) is 1. The van der Waals surface area contributed by atoms with E-state index in [1.807, 2.05) is 0 Å². The first-order chi connectivity index (χ1) is 8.50. The van der Waals surface area contributed by atoms with Crippen molar-refractivity contribution in [2.24, 2.45) is 5.73 Å². The molecule has 0 aliphatic carbocycles. The molecule has 2 aromatic rings. The summed E-state index contributed by atoms with van der Waals surface area (Å²) in [6, 6.07) is 4.38. The molecule has 5 heteroatoms. The molecule has 0 amide bonds. The fraction of sp³-hybridized carbons (Fsp3) is 0.0769. The predicted molar refractivity (Wildman–Crippen MR) is 58.7 cm³/mol. The zero-order valence-electron chi connectivity index (χ0n) is 9.13. The van der Waals surface area contributed by atoms with Gasteiger partial charge in [0.05, 0.1) is 6.04 Å². The van der Waals surface area contributed by atoms with E-state index in [9.17, 15) is 17.6 Å². The minimum Gasteiger partial charge on any atom is -0.320 e. The van der Waals surface area contributed by atoms with E-state index in [4.69, 9.17) is 5.73 Å². The van der Waals surface area contributed by atoms with Crippen LogP contribution in [-0.2, 0) is 0 Å². The third-order valence-corrected chi connectivity index (χ3v) is 2.60. The van der Waals surface area contributed by atoms with Crippen LogP contribution in [-0.4, -0.2) is 0 Å². The van der Waals surface area contributed by atoms with Crippen LogP contribution in [0.3, 0.4) is 0 Å². The summed E-state index contributed by atoms with van der Waals surface area (Å²) in [6.07, 6.45) is 0. The Balaban J connectivity index is 2.54. The van der Waals surface area contributed by atoms with Crippen LogP contribution in [0, 0.1) is 23.3 Å². The molecule has 0 aliphatic heterocycles. The van der Waals surface area contributed by atoms with Gasteiger partial charge in [0, 0.05) is 11.1 Å². The molecule has 1 atom stereocenters. The minimum absolute atomic E-state index is 0.293. The van der Waals surface area contributed by atoms with Crippen molar-refractivity contribution < 1.29 is 17.6 Å². The first-order valence-electron chi connectivity index (χ1n) is 5.15. The molecule has 0 aromatic heterocycles. The van der Waals surface area contributed by atoms with Crippen molar-refractivity contribution in [3.63, 3.8) is 0 Å². The molecule has 18 heavy (non-hydrogen) atoms. The monoisotopic (exact) mass is 255 g/mol. The summed E-state index contributed by atoms with van der Waals surface area (Å²) in [6.45, 7) is 0. The number of rotatable bonds is 2. The van der Waals surface area contributed by atoms with Crippen LogP contribution in [0.15, 0.2) is 36.4 Å². The Morgan fingerprint density at radius 1 is 0.833 bits per heavy atom. The first-order valence-corrected chi connectivity index (χ1v) is 5.15. The van der Waals surface area contributed by atoms with E-state index in [-0.39, 0.29) is 5.56 Å². The summed E-state index contributed by atoms with van der Waals surface area (Å²) in [7, 11) is 0. The van der Waals surface area contributed by atoms with E-state index >= 15 is 0 Å². The van der Waals surface area contributed by atoms with Crippen LogP contribution in [0.2, 0.25) is 0 Å². The second-order valence-electron chi connectivity index (χ2n) is 3.78. The third kappa shape index (κ3) is 2.22. The van der Waals surface area contributed by atoms with Gasteiger partial charge in [-0.3, -0.25) is 0 Å². The molecule has 1 nitrogen and oxygen atoms in total. The fourth-order valence-corrected chi connectivity index (χ4v) is 1.72. The van der Waals surface area contributed by atoms with E-state index in [0.717, 1.165) is 30.3 Å². The highest BCUT2D eigenvalue weighted by Crippen LogP contribution is 2.27. The molecule has 0 saturated carbocycles. The van der Waals surface area contributed by atoms with Crippen molar-refractivity contribution in [1.29, 1.82) is 0 Å². The van der Waals surface area contributed by atoms with Gasteiger partial charge in [0.25, 0.3) is 0 Å². The van der Waals surface area contributed by atoms with Crippen molar-refractivity contribution in [2.75, 3.05) is 0 Å². The molecule has 1 unspecified atom stereocenters. The molecule has 94 valence electrons. The minimum atomic E-state index is -1.40. The molecule has 0 spiro atoms. The highest BCUT2D eigenvalue weighted by atomic mass is 19.1. The quantitative estimate of drug-likeness (QED) is 0.819. The van der Waals surface area contributed by atoms with Gasteiger partial charge in [-0.25, -0.2) is 17.6 Å². The number of halogens is 4. The van der Waals surface area contributed by atoms with Crippen LogP contribution in [0.5, 0.6) is 0 Å². The van der Waals surface area contributed by atoms with Crippen molar-refractivity contribution in [1.82, 2.24) is 0 Å². The molecule has 2 aromatic carbocycles. The smallest absolute Gasteiger partial charge is 0.131 e. The van der Waals surface area contributed by atoms with Gasteiger partial charge in [0.1, 0.15) is 23.3 Å². The van der Waals surface area contributed by atoms with E-state index in [1.54, 1.807) is 0 Å². The van der Waals surface area contributed by atoms with Crippen molar-refractivity contribution in [2.45, 2.75) is 6.04 Å². The van der Waals surface area contributed by atoms with Gasteiger partial charge in [0.15, 0.2) is 0 Å². The molecule has 0 bridgehead atoms. The lowest BCUT2D eigenvalue weighted by Gasteiger charge is -2.15. The molecule has 0 aliphatic rings. The number of nitrogens with two attached hydrogens (primary N) is 1. The molecule has 2 N–H and O–H groups in total. The van der Waals surface area contributed by atoms with E-state index in [1.165, 1.54) is 6.07 Å². The van der Waals surface area contributed by atoms with E-state index in [2.05, 4.69) is 0 Å². The summed E-state index contributed by atoms with van der Waals surface area (Å²) in [4.78, 5) is 0. The maximum absolute atomic E-state index is 13.5. The molecule has 0 saturated heterocycles.